The van der Waals surface area contributed by atoms with Crippen molar-refractivity contribution in [2.24, 2.45) is 5.73 Å². The number of hydrogen-bond acceptors (Lipinski definition) is 2. The average Bonchev–Trinajstić information content (AvgIpc) is 2.70. The Kier molecular flexibility index (Phi) is 4.96. The van der Waals surface area contributed by atoms with Gasteiger partial charge in [0.25, 0.3) is 6.43 Å². The monoisotopic (exact) mass is 260 g/mol. The van der Waals surface area contributed by atoms with E-state index in [2.05, 4.69) is 4.90 Å². The van der Waals surface area contributed by atoms with Gasteiger partial charge >= 0.3 is 0 Å². The fourth-order valence-corrected chi connectivity index (χ4v) is 3.41. The third-order valence-electron chi connectivity index (χ3n) is 4.73. The summed E-state index contributed by atoms with van der Waals surface area (Å²) >= 11 is 0. The molecule has 0 spiro atoms. The highest BCUT2D eigenvalue weighted by molar-refractivity contribution is 4.91. The zero-order chi connectivity index (χ0) is 13.0. The van der Waals surface area contributed by atoms with Crippen molar-refractivity contribution in [1.82, 2.24) is 4.90 Å². The van der Waals surface area contributed by atoms with Crippen LogP contribution >= 0.6 is 0 Å². The van der Waals surface area contributed by atoms with Crippen LogP contribution in [-0.4, -0.2) is 36.0 Å². The molecular weight excluding hydrogens is 234 g/mol. The van der Waals surface area contributed by atoms with Gasteiger partial charge in [0.2, 0.25) is 0 Å². The van der Waals surface area contributed by atoms with E-state index in [0.29, 0.717) is 18.9 Å². The van der Waals surface area contributed by atoms with Crippen LogP contribution in [-0.2, 0) is 0 Å². The molecule has 2 rings (SSSR count). The normalized spacial score (nSPS) is 33.3. The van der Waals surface area contributed by atoms with Crippen LogP contribution in [0.5, 0.6) is 0 Å². The van der Waals surface area contributed by atoms with Crippen molar-refractivity contribution in [2.75, 3.05) is 13.1 Å². The number of likely N-dealkylation sites (tertiary alicyclic amines) is 1. The zero-order valence-electron chi connectivity index (χ0n) is 11.2. The summed E-state index contributed by atoms with van der Waals surface area (Å²) in [6.45, 7) is 1.71. The van der Waals surface area contributed by atoms with Crippen LogP contribution in [0, 0.1) is 0 Å². The van der Waals surface area contributed by atoms with E-state index in [9.17, 15) is 8.78 Å². The lowest BCUT2D eigenvalue weighted by molar-refractivity contribution is 0.0434. The lowest BCUT2D eigenvalue weighted by Gasteiger charge is -2.31. The molecule has 0 aromatic rings. The highest BCUT2D eigenvalue weighted by atomic mass is 19.3. The highest BCUT2D eigenvalue weighted by Gasteiger charge is 2.38. The Hall–Kier alpha value is -0.220. The van der Waals surface area contributed by atoms with Gasteiger partial charge in [0.15, 0.2) is 0 Å². The Bertz CT molecular complexity index is 252. The van der Waals surface area contributed by atoms with Crippen LogP contribution < -0.4 is 5.73 Å². The summed E-state index contributed by atoms with van der Waals surface area (Å²) in [6.07, 6.45) is 7.09. The van der Waals surface area contributed by atoms with E-state index in [1.165, 1.54) is 38.5 Å². The van der Waals surface area contributed by atoms with Crippen molar-refractivity contribution in [3.63, 3.8) is 0 Å². The third-order valence-corrected chi connectivity index (χ3v) is 4.73. The minimum Gasteiger partial charge on any atom is -0.320 e. The first-order valence-electron chi connectivity index (χ1n) is 7.43. The molecule has 2 N–H and O–H groups in total. The van der Waals surface area contributed by atoms with Crippen molar-refractivity contribution >= 4 is 0 Å². The van der Waals surface area contributed by atoms with E-state index in [-0.39, 0.29) is 0 Å². The molecule has 1 aliphatic carbocycles. The van der Waals surface area contributed by atoms with E-state index in [0.717, 1.165) is 19.5 Å². The summed E-state index contributed by atoms with van der Waals surface area (Å²) in [5.41, 5.74) is 4.61. The second kappa shape index (κ2) is 6.29. The molecule has 1 saturated heterocycles. The zero-order valence-corrected chi connectivity index (χ0v) is 11.2. The Balaban J connectivity index is 1.91. The standard InChI is InChI=1S/C14H26F2N2/c15-13(16)14(17)8-5-10-18(11-9-14)12-6-3-1-2-4-7-12/h12-13H,1-11,17H2. The Morgan fingerprint density at radius 2 is 1.61 bits per heavy atom. The smallest absolute Gasteiger partial charge is 0.256 e. The summed E-state index contributed by atoms with van der Waals surface area (Å²) in [4.78, 5) is 2.43. The van der Waals surface area contributed by atoms with Gasteiger partial charge < -0.3 is 10.6 Å². The van der Waals surface area contributed by atoms with E-state index in [4.69, 9.17) is 5.73 Å². The van der Waals surface area contributed by atoms with Gasteiger partial charge in [-0.15, -0.1) is 0 Å². The molecule has 0 aromatic heterocycles. The molecule has 1 saturated carbocycles. The van der Waals surface area contributed by atoms with Crippen LogP contribution in [0.15, 0.2) is 0 Å². The van der Waals surface area contributed by atoms with E-state index >= 15 is 0 Å². The van der Waals surface area contributed by atoms with Crippen molar-refractivity contribution in [1.29, 1.82) is 0 Å². The largest absolute Gasteiger partial charge is 0.320 e. The number of rotatable bonds is 2. The maximum absolute atomic E-state index is 13.0. The number of nitrogens with zero attached hydrogens (tertiary/aromatic N) is 1. The van der Waals surface area contributed by atoms with Crippen molar-refractivity contribution in [3.05, 3.63) is 0 Å². The highest BCUT2D eigenvalue weighted by Crippen LogP contribution is 2.29. The van der Waals surface area contributed by atoms with Gasteiger partial charge in [-0.25, -0.2) is 8.78 Å². The van der Waals surface area contributed by atoms with Crippen LogP contribution in [0.3, 0.4) is 0 Å². The van der Waals surface area contributed by atoms with Crippen molar-refractivity contribution in [3.8, 4) is 0 Å². The molecule has 0 amide bonds. The minimum atomic E-state index is -2.38. The van der Waals surface area contributed by atoms with E-state index in [1.54, 1.807) is 0 Å². The number of alkyl halides is 2. The summed E-state index contributed by atoms with van der Waals surface area (Å²) < 4.78 is 26.0. The molecule has 18 heavy (non-hydrogen) atoms. The summed E-state index contributed by atoms with van der Waals surface area (Å²) in [5.74, 6) is 0. The Labute approximate surface area is 109 Å². The molecule has 0 radical (unpaired) electrons. The topological polar surface area (TPSA) is 29.3 Å². The summed E-state index contributed by atoms with van der Waals surface area (Å²) in [5, 5.41) is 0. The second-order valence-electron chi connectivity index (χ2n) is 6.07. The molecule has 2 aliphatic rings. The number of halogens is 2. The van der Waals surface area contributed by atoms with Gasteiger partial charge in [0.1, 0.15) is 0 Å². The second-order valence-corrected chi connectivity index (χ2v) is 6.07. The third kappa shape index (κ3) is 3.41. The lowest BCUT2D eigenvalue weighted by atomic mass is 9.92. The first-order chi connectivity index (χ1) is 8.62. The fourth-order valence-electron chi connectivity index (χ4n) is 3.41. The first-order valence-corrected chi connectivity index (χ1v) is 7.43. The first kappa shape index (κ1) is 14.2. The van der Waals surface area contributed by atoms with E-state index < -0.39 is 12.0 Å². The van der Waals surface area contributed by atoms with Gasteiger partial charge in [0.05, 0.1) is 5.54 Å². The Morgan fingerprint density at radius 1 is 0.944 bits per heavy atom. The fraction of sp³-hybridized carbons (Fsp3) is 1.00. The summed E-state index contributed by atoms with van der Waals surface area (Å²) in [7, 11) is 0. The SMILES string of the molecule is NC1(C(F)F)CCCN(C2CCCCCC2)CC1. The molecule has 1 aliphatic heterocycles. The molecule has 0 aromatic carbocycles. The number of hydrogen-bond donors (Lipinski definition) is 1. The Morgan fingerprint density at radius 3 is 2.22 bits per heavy atom. The van der Waals surface area contributed by atoms with Gasteiger partial charge in [-0.2, -0.15) is 0 Å². The van der Waals surface area contributed by atoms with Gasteiger partial charge in [0, 0.05) is 12.6 Å². The minimum absolute atomic E-state index is 0.446. The molecule has 4 heteroatoms. The maximum atomic E-state index is 13.0. The summed E-state index contributed by atoms with van der Waals surface area (Å²) in [6, 6.07) is 0.618. The van der Waals surface area contributed by atoms with Crippen LogP contribution in [0.2, 0.25) is 0 Å². The quantitative estimate of drug-likeness (QED) is 0.773. The number of nitrogens with two attached hydrogens (primary N) is 1. The lowest BCUT2D eigenvalue weighted by Crippen LogP contribution is -2.48. The van der Waals surface area contributed by atoms with Crippen LogP contribution in [0.4, 0.5) is 8.78 Å². The van der Waals surface area contributed by atoms with E-state index in [1.807, 2.05) is 0 Å². The van der Waals surface area contributed by atoms with Gasteiger partial charge in [-0.05, 0) is 38.6 Å². The molecular formula is C14H26F2N2. The molecule has 1 unspecified atom stereocenters. The van der Waals surface area contributed by atoms with Gasteiger partial charge in [-0.1, -0.05) is 25.7 Å². The molecule has 106 valence electrons. The van der Waals surface area contributed by atoms with Crippen LogP contribution in [0.25, 0.3) is 0 Å². The van der Waals surface area contributed by atoms with Crippen molar-refractivity contribution in [2.45, 2.75) is 75.8 Å². The van der Waals surface area contributed by atoms with Gasteiger partial charge in [-0.3, -0.25) is 0 Å². The predicted molar refractivity (Wildman–Crippen MR) is 69.8 cm³/mol. The van der Waals surface area contributed by atoms with Crippen molar-refractivity contribution < 1.29 is 8.78 Å². The van der Waals surface area contributed by atoms with Crippen LogP contribution in [0.1, 0.15) is 57.8 Å². The predicted octanol–water partition coefficient (Wildman–Crippen LogP) is 3.16. The average molecular weight is 260 g/mol. The molecule has 2 nitrogen and oxygen atoms in total. The molecule has 1 heterocycles. The molecule has 2 fully saturated rings. The molecule has 1 atom stereocenters. The molecule has 0 bridgehead atoms. The maximum Gasteiger partial charge on any atom is 0.256 e.